The summed E-state index contributed by atoms with van der Waals surface area (Å²) >= 11 is 0. The van der Waals surface area contributed by atoms with Crippen LogP contribution in [0.2, 0.25) is 0 Å². The second-order valence-electron chi connectivity index (χ2n) is 3.34. The topological polar surface area (TPSA) is 12.9 Å². The molecule has 2 aromatic rings. The van der Waals surface area contributed by atoms with Gasteiger partial charge >= 0.3 is 0 Å². The zero-order valence-electron chi connectivity index (χ0n) is 7.20. The molecule has 0 unspecified atom stereocenters. The molecule has 13 heavy (non-hydrogen) atoms. The second-order valence-corrected chi connectivity index (χ2v) is 3.34. The van der Waals surface area contributed by atoms with Crippen molar-refractivity contribution < 1.29 is 0 Å². The van der Waals surface area contributed by atoms with Crippen LogP contribution in [0.3, 0.4) is 0 Å². The third-order valence-corrected chi connectivity index (χ3v) is 2.59. The Balaban J connectivity index is 2.46. The van der Waals surface area contributed by atoms with E-state index in [-0.39, 0.29) is 0 Å². The molecule has 0 radical (unpaired) electrons. The van der Waals surface area contributed by atoms with Crippen LogP contribution < -0.4 is 0 Å². The molecular weight excluding hydrogens is 158 g/mol. The first-order chi connectivity index (χ1) is 6.45. The molecule has 1 heterocycles. The largest absolute Gasteiger partial charge is 0.264 e. The van der Waals surface area contributed by atoms with E-state index in [1.807, 2.05) is 12.4 Å². The van der Waals surface area contributed by atoms with Crippen molar-refractivity contribution in [2.45, 2.75) is 6.42 Å². The van der Waals surface area contributed by atoms with E-state index in [4.69, 9.17) is 0 Å². The van der Waals surface area contributed by atoms with Crippen LogP contribution >= 0.6 is 0 Å². The van der Waals surface area contributed by atoms with Crippen molar-refractivity contribution in [2.24, 2.45) is 0 Å². The molecular formula is C12H9N. The van der Waals surface area contributed by atoms with Gasteiger partial charge in [0.2, 0.25) is 0 Å². The van der Waals surface area contributed by atoms with Crippen LogP contribution in [-0.2, 0) is 6.42 Å². The van der Waals surface area contributed by atoms with Gasteiger partial charge < -0.3 is 0 Å². The Morgan fingerprint density at radius 2 is 2.15 bits per heavy atom. The average molecular weight is 167 g/mol. The highest BCUT2D eigenvalue weighted by Gasteiger charge is 2.07. The van der Waals surface area contributed by atoms with E-state index in [0.717, 1.165) is 6.42 Å². The third-order valence-electron chi connectivity index (χ3n) is 2.59. The Morgan fingerprint density at radius 1 is 1.15 bits per heavy atom. The monoisotopic (exact) mass is 167 g/mol. The van der Waals surface area contributed by atoms with Gasteiger partial charge in [-0.05, 0) is 29.0 Å². The maximum absolute atomic E-state index is 4.12. The Bertz CT molecular complexity index is 497. The SMILES string of the molecule is C1=Cc2ccc3cnccc3c2C1. The zero-order valence-corrected chi connectivity index (χ0v) is 7.20. The van der Waals surface area contributed by atoms with Crippen molar-refractivity contribution >= 4 is 16.8 Å². The summed E-state index contributed by atoms with van der Waals surface area (Å²) < 4.78 is 0. The van der Waals surface area contributed by atoms with Gasteiger partial charge in [0.05, 0.1) is 0 Å². The molecule has 62 valence electrons. The van der Waals surface area contributed by atoms with E-state index in [2.05, 4.69) is 35.3 Å². The molecule has 3 rings (SSSR count). The molecule has 0 spiro atoms. The standard InChI is InChI=1S/C12H9N/c1-2-9-4-5-10-8-13-7-6-12(10)11(9)3-1/h1-2,4-8H,3H2. The molecule has 0 N–H and O–H groups in total. The number of pyridine rings is 1. The highest BCUT2D eigenvalue weighted by atomic mass is 14.6. The van der Waals surface area contributed by atoms with Crippen molar-refractivity contribution in [1.82, 2.24) is 4.98 Å². The van der Waals surface area contributed by atoms with E-state index in [1.165, 1.54) is 21.9 Å². The normalized spacial score (nSPS) is 13.5. The van der Waals surface area contributed by atoms with Crippen LogP contribution in [0.1, 0.15) is 11.1 Å². The lowest BCUT2D eigenvalue weighted by molar-refractivity contribution is 1.32. The highest BCUT2D eigenvalue weighted by molar-refractivity contribution is 5.89. The van der Waals surface area contributed by atoms with Gasteiger partial charge in [-0.15, -0.1) is 0 Å². The molecule has 1 aliphatic carbocycles. The minimum atomic E-state index is 1.07. The van der Waals surface area contributed by atoms with E-state index in [0.29, 0.717) is 0 Å². The smallest absolute Gasteiger partial charge is 0.0346 e. The fourth-order valence-corrected chi connectivity index (χ4v) is 1.94. The molecule has 0 saturated heterocycles. The maximum Gasteiger partial charge on any atom is 0.0346 e. The van der Waals surface area contributed by atoms with Crippen LogP contribution in [0.4, 0.5) is 0 Å². The lowest BCUT2D eigenvalue weighted by Gasteiger charge is -2.03. The number of nitrogens with zero attached hydrogens (tertiary/aromatic N) is 1. The number of aromatic nitrogens is 1. The Kier molecular flexibility index (Phi) is 1.28. The molecule has 0 atom stereocenters. The lowest BCUT2D eigenvalue weighted by atomic mass is 10.0. The summed E-state index contributed by atoms with van der Waals surface area (Å²) in [5.74, 6) is 0. The van der Waals surface area contributed by atoms with E-state index < -0.39 is 0 Å². The molecule has 0 fully saturated rings. The average Bonchev–Trinajstić information content (AvgIpc) is 2.65. The lowest BCUT2D eigenvalue weighted by Crippen LogP contribution is -1.85. The molecule has 0 aliphatic heterocycles. The summed E-state index contributed by atoms with van der Waals surface area (Å²) in [6.07, 6.45) is 9.26. The van der Waals surface area contributed by atoms with E-state index in [1.54, 1.807) is 0 Å². The number of allylic oxidation sites excluding steroid dienone is 1. The number of rotatable bonds is 0. The van der Waals surface area contributed by atoms with Gasteiger partial charge in [0.25, 0.3) is 0 Å². The van der Waals surface area contributed by atoms with Gasteiger partial charge in [-0.3, -0.25) is 4.98 Å². The highest BCUT2D eigenvalue weighted by Crippen LogP contribution is 2.27. The predicted molar refractivity (Wildman–Crippen MR) is 54.5 cm³/mol. The van der Waals surface area contributed by atoms with Crippen LogP contribution in [0.25, 0.3) is 16.8 Å². The second kappa shape index (κ2) is 2.43. The Labute approximate surface area is 76.7 Å². The van der Waals surface area contributed by atoms with Gasteiger partial charge in [-0.25, -0.2) is 0 Å². The van der Waals surface area contributed by atoms with Crippen molar-refractivity contribution in [2.75, 3.05) is 0 Å². The van der Waals surface area contributed by atoms with Gasteiger partial charge in [0.15, 0.2) is 0 Å². The Morgan fingerprint density at radius 3 is 3.15 bits per heavy atom. The molecule has 1 nitrogen and oxygen atoms in total. The molecule has 1 aromatic carbocycles. The minimum Gasteiger partial charge on any atom is -0.264 e. The minimum absolute atomic E-state index is 1.07. The first-order valence-corrected chi connectivity index (χ1v) is 4.47. The quantitative estimate of drug-likeness (QED) is 0.588. The molecule has 1 aliphatic rings. The Hall–Kier alpha value is -1.63. The summed E-state index contributed by atoms with van der Waals surface area (Å²) in [5.41, 5.74) is 2.80. The summed E-state index contributed by atoms with van der Waals surface area (Å²) in [7, 11) is 0. The number of benzene rings is 1. The zero-order chi connectivity index (χ0) is 8.67. The van der Waals surface area contributed by atoms with Crippen LogP contribution in [0.5, 0.6) is 0 Å². The first kappa shape index (κ1) is 6.84. The van der Waals surface area contributed by atoms with E-state index in [9.17, 15) is 0 Å². The summed E-state index contributed by atoms with van der Waals surface area (Å²) in [4.78, 5) is 4.12. The van der Waals surface area contributed by atoms with Crippen molar-refractivity contribution in [3.8, 4) is 0 Å². The maximum atomic E-state index is 4.12. The first-order valence-electron chi connectivity index (χ1n) is 4.47. The molecule has 1 heteroatoms. The fraction of sp³-hybridized carbons (Fsp3) is 0.0833. The van der Waals surface area contributed by atoms with Crippen LogP contribution in [0, 0.1) is 0 Å². The fourth-order valence-electron chi connectivity index (χ4n) is 1.94. The van der Waals surface area contributed by atoms with Crippen molar-refractivity contribution in [1.29, 1.82) is 0 Å². The summed E-state index contributed by atoms with van der Waals surface area (Å²) in [5, 5.41) is 2.59. The number of fused-ring (bicyclic) bond motifs is 3. The van der Waals surface area contributed by atoms with Gasteiger partial charge in [0.1, 0.15) is 0 Å². The molecule has 0 amide bonds. The molecule has 1 aromatic heterocycles. The van der Waals surface area contributed by atoms with Gasteiger partial charge in [0, 0.05) is 17.8 Å². The molecule has 0 saturated carbocycles. The van der Waals surface area contributed by atoms with Gasteiger partial charge in [-0.1, -0.05) is 24.3 Å². The number of hydrogen-bond acceptors (Lipinski definition) is 1. The van der Waals surface area contributed by atoms with Crippen LogP contribution in [-0.4, -0.2) is 4.98 Å². The summed E-state index contributed by atoms with van der Waals surface area (Å²) in [6.45, 7) is 0. The predicted octanol–water partition coefficient (Wildman–Crippen LogP) is 2.80. The summed E-state index contributed by atoms with van der Waals surface area (Å²) in [6, 6.07) is 6.40. The number of hydrogen-bond donors (Lipinski definition) is 0. The van der Waals surface area contributed by atoms with Crippen molar-refractivity contribution in [3.05, 3.63) is 47.8 Å². The van der Waals surface area contributed by atoms with Crippen LogP contribution in [0.15, 0.2) is 36.7 Å². The third kappa shape index (κ3) is 0.903. The van der Waals surface area contributed by atoms with E-state index >= 15 is 0 Å². The van der Waals surface area contributed by atoms with Crippen molar-refractivity contribution in [3.63, 3.8) is 0 Å². The molecule has 0 bridgehead atoms. The van der Waals surface area contributed by atoms with Gasteiger partial charge in [-0.2, -0.15) is 0 Å².